The third-order valence-electron chi connectivity index (χ3n) is 11.9. The molecule has 0 unspecified atom stereocenters. The lowest BCUT2D eigenvalue weighted by molar-refractivity contribution is 0.660. The third kappa shape index (κ3) is 4.12. The molecule has 0 spiro atoms. The molecular weight excluding hydrogens is 601 g/mol. The minimum absolute atomic E-state index is 0.00653. The smallest absolute Gasteiger partial charge is 0.0159 e. The summed E-state index contributed by atoms with van der Waals surface area (Å²) in [6.07, 6.45) is 0. The van der Waals surface area contributed by atoms with Crippen LogP contribution in [-0.4, -0.2) is 0 Å². The molecule has 2 aliphatic rings. The second-order valence-electron chi connectivity index (χ2n) is 15.3. The van der Waals surface area contributed by atoms with Gasteiger partial charge in [0, 0.05) is 10.8 Å². The van der Waals surface area contributed by atoms with Gasteiger partial charge in [-0.25, -0.2) is 0 Å². The molecule has 0 nitrogen and oxygen atoms in total. The second-order valence-corrected chi connectivity index (χ2v) is 15.3. The molecule has 50 heavy (non-hydrogen) atoms. The van der Waals surface area contributed by atoms with Crippen LogP contribution in [0.3, 0.4) is 0 Å². The monoisotopic (exact) mass is 638 g/mol. The number of rotatable bonds is 3. The Bertz CT molecular complexity index is 2680. The summed E-state index contributed by atoms with van der Waals surface area (Å²) in [5.74, 6) is 0. The third-order valence-corrected chi connectivity index (χ3v) is 11.9. The molecule has 0 N–H and O–H groups in total. The summed E-state index contributed by atoms with van der Waals surface area (Å²) in [5, 5.41) is 5.13. The summed E-state index contributed by atoms with van der Waals surface area (Å²) < 4.78 is 0. The van der Waals surface area contributed by atoms with Crippen LogP contribution in [0.25, 0.3) is 77.2 Å². The van der Waals surface area contributed by atoms with E-state index in [9.17, 15) is 0 Å². The van der Waals surface area contributed by atoms with Gasteiger partial charge in [0.05, 0.1) is 0 Å². The van der Waals surface area contributed by atoms with E-state index in [1.807, 2.05) is 0 Å². The quantitative estimate of drug-likeness (QED) is 0.169. The lowest BCUT2D eigenvalue weighted by Crippen LogP contribution is -2.14. The maximum atomic E-state index is 2.47. The summed E-state index contributed by atoms with van der Waals surface area (Å²) >= 11 is 0. The van der Waals surface area contributed by atoms with Crippen LogP contribution in [0.1, 0.15) is 49.9 Å². The summed E-state index contributed by atoms with van der Waals surface area (Å²) in [6.45, 7) is 9.44. The van der Waals surface area contributed by atoms with Crippen LogP contribution in [0, 0.1) is 0 Å². The minimum Gasteiger partial charge on any atom is -0.0619 e. The molecule has 0 aromatic heterocycles. The fraction of sp³-hybridized carbons (Fsp3) is 0.120. The second kappa shape index (κ2) is 10.4. The first-order chi connectivity index (χ1) is 24.3. The van der Waals surface area contributed by atoms with Crippen molar-refractivity contribution in [3.8, 4) is 55.6 Å². The van der Waals surface area contributed by atoms with E-state index in [-0.39, 0.29) is 10.8 Å². The Hall–Kier alpha value is -5.72. The highest BCUT2D eigenvalue weighted by Gasteiger charge is 2.36. The van der Waals surface area contributed by atoms with Crippen LogP contribution in [0.2, 0.25) is 0 Å². The van der Waals surface area contributed by atoms with Crippen molar-refractivity contribution in [3.63, 3.8) is 0 Å². The van der Waals surface area contributed by atoms with Crippen LogP contribution >= 0.6 is 0 Å². The lowest BCUT2D eigenvalue weighted by Gasteiger charge is -2.22. The number of hydrogen-bond donors (Lipinski definition) is 0. The number of benzene rings is 8. The maximum Gasteiger partial charge on any atom is 0.0159 e. The standard InChI is InChI=1S/C50H38/c1-49(2)44-15-9-7-13-39(44)41-25-23-34(29-46(41)49)32-19-17-31(18-20-32)33-21-22-36-27-35-11-5-6-12-38(35)48(43(36)28-33)37-24-26-42-40-14-8-10-16-45(40)50(3,4)47(42)30-37/h5-30H,1-4H3. The van der Waals surface area contributed by atoms with Crippen LogP contribution in [-0.2, 0) is 10.8 Å². The summed E-state index contributed by atoms with van der Waals surface area (Å²) in [7, 11) is 0. The van der Waals surface area contributed by atoms with E-state index in [2.05, 4.69) is 185 Å². The van der Waals surface area contributed by atoms with E-state index in [0.717, 1.165) is 0 Å². The van der Waals surface area contributed by atoms with Crippen molar-refractivity contribution in [2.75, 3.05) is 0 Å². The fourth-order valence-corrected chi connectivity index (χ4v) is 9.15. The Morgan fingerprint density at radius 1 is 0.300 bits per heavy atom. The van der Waals surface area contributed by atoms with E-state index >= 15 is 0 Å². The average molecular weight is 639 g/mol. The van der Waals surface area contributed by atoms with E-state index < -0.39 is 0 Å². The molecule has 2 aliphatic carbocycles. The molecule has 0 saturated carbocycles. The summed E-state index contributed by atoms with van der Waals surface area (Å²) in [6, 6.07) is 59.3. The average Bonchev–Trinajstić information content (AvgIpc) is 3.52. The molecule has 0 amide bonds. The van der Waals surface area contributed by atoms with Gasteiger partial charge in [-0.3, -0.25) is 0 Å². The Labute approximate surface area is 294 Å². The van der Waals surface area contributed by atoms with Crippen LogP contribution < -0.4 is 0 Å². The highest BCUT2D eigenvalue weighted by Crippen LogP contribution is 2.51. The first kappa shape index (κ1) is 29.2. The Morgan fingerprint density at radius 3 is 1.38 bits per heavy atom. The van der Waals surface area contributed by atoms with Gasteiger partial charge in [0.2, 0.25) is 0 Å². The van der Waals surface area contributed by atoms with Crippen molar-refractivity contribution in [3.05, 3.63) is 180 Å². The topological polar surface area (TPSA) is 0 Å². The van der Waals surface area contributed by atoms with Gasteiger partial charge in [-0.15, -0.1) is 0 Å². The summed E-state index contributed by atoms with van der Waals surface area (Å²) in [4.78, 5) is 0. The van der Waals surface area contributed by atoms with E-state index in [4.69, 9.17) is 0 Å². The molecule has 10 rings (SSSR count). The van der Waals surface area contributed by atoms with Crippen LogP contribution in [0.15, 0.2) is 158 Å². The van der Waals surface area contributed by atoms with Crippen molar-refractivity contribution in [2.24, 2.45) is 0 Å². The van der Waals surface area contributed by atoms with Gasteiger partial charge in [0.1, 0.15) is 0 Å². The van der Waals surface area contributed by atoms with Gasteiger partial charge in [-0.05, 0) is 124 Å². The molecule has 0 radical (unpaired) electrons. The maximum absolute atomic E-state index is 2.47. The highest BCUT2D eigenvalue weighted by molar-refractivity contribution is 6.13. The number of hydrogen-bond acceptors (Lipinski definition) is 0. The zero-order valence-corrected chi connectivity index (χ0v) is 29.0. The molecule has 8 aromatic rings. The molecule has 238 valence electrons. The van der Waals surface area contributed by atoms with Crippen molar-refractivity contribution < 1.29 is 0 Å². The molecule has 0 bridgehead atoms. The Kier molecular flexibility index (Phi) is 6.07. The predicted molar refractivity (Wildman–Crippen MR) is 213 cm³/mol. The molecule has 0 atom stereocenters. The van der Waals surface area contributed by atoms with Crippen molar-refractivity contribution >= 4 is 21.5 Å². The molecule has 0 heterocycles. The zero-order valence-electron chi connectivity index (χ0n) is 29.0. The van der Waals surface area contributed by atoms with Gasteiger partial charge in [-0.1, -0.05) is 161 Å². The first-order valence-electron chi connectivity index (χ1n) is 17.8. The van der Waals surface area contributed by atoms with Crippen LogP contribution in [0.5, 0.6) is 0 Å². The predicted octanol–water partition coefficient (Wildman–Crippen LogP) is 13.6. The molecule has 0 aliphatic heterocycles. The van der Waals surface area contributed by atoms with Crippen molar-refractivity contribution in [1.29, 1.82) is 0 Å². The van der Waals surface area contributed by atoms with Crippen LogP contribution in [0.4, 0.5) is 0 Å². The number of fused-ring (bicyclic) bond motifs is 8. The Balaban J connectivity index is 1.07. The zero-order chi connectivity index (χ0) is 33.8. The van der Waals surface area contributed by atoms with Gasteiger partial charge in [-0.2, -0.15) is 0 Å². The largest absolute Gasteiger partial charge is 0.0619 e. The fourth-order valence-electron chi connectivity index (χ4n) is 9.15. The van der Waals surface area contributed by atoms with Gasteiger partial charge >= 0.3 is 0 Å². The SMILES string of the molecule is CC1(C)c2ccccc2-c2ccc(-c3ccc(-c4ccc5cc6ccccc6c(-c6ccc7c(c6)C(C)(C)c6ccccc6-7)c5c4)cc3)cc21. The molecule has 0 saturated heterocycles. The first-order valence-corrected chi connectivity index (χ1v) is 17.8. The van der Waals surface area contributed by atoms with Gasteiger partial charge in [0.15, 0.2) is 0 Å². The molecule has 0 heteroatoms. The van der Waals surface area contributed by atoms with E-state index in [1.165, 1.54) is 99.4 Å². The molecule has 8 aromatic carbocycles. The molecular formula is C50H38. The van der Waals surface area contributed by atoms with Crippen molar-refractivity contribution in [1.82, 2.24) is 0 Å². The normalized spacial score (nSPS) is 14.7. The molecule has 0 fully saturated rings. The van der Waals surface area contributed by atoms with Gasteiger partial charge in [0.25, 0.3) is 0 Å². The Morgan fingerprint density at radius 2 is 0.740 bits per heavy atom. The van der Waals surface area contributed by atoms with E-state index in [1.54, 1.807) is 0 Å². The highest BCUT2D eigenvalue weighted by atomic mass is 14.4. The van der Waals surface area contributed by atoms with Crippen molar-refractivity contribution in [2.45, 2.75) is 38.5 Å². The minimum atomic E-state index is -0.0478. The van der Waals surface area contributed by atoms with Gasteiger partial charge < -0.3 is 0 Å². The van der Waals surface area contributed by atoms with E-state index in [0.29, 0.717) is 0 Å². The lowest BCUT2D eigenvalue weighted by atomic mass is 9.81. The summed E-state index contributed by atoms with van der Waals surface area (Å²) in [5.41, 5.74) is 18.6.